The molecule has 0 saturated carbocycles. The standard InChI is InChI=1S/C19H21N3OS/c1-13-8-9-15(10-14(13)2)20-19(23)11-22-17-7-5-4-6-16(17)21-18(22)12-24-3/h4-10H,11-12H2,1-3H3,(H,20,23). The largest absolute Gasteiger partial charge is 0.325 e. The Kier molecular flexibility index (Phi) is 4.90. The second-order valence-electron chi connectivity index (χ2n) is 5.88. The first-order chi connectivity index (χ1) is 11.6. The van der Waals surface area contributed by atoms with Crippen LogP contribution in [0.4, 0.5) is 5.69 Å². The van der Waals surface area contributed by atoms with Crippen molar-refractivity contribution in [1.82, 2.24) is 9.55 Å². The zero-order chi connectivity index (χ0) is 17.1. The lowest BCUT2D eigenvalue weighted by Gasteiger charge is -2.11. The number of fused-ring (bicyclic) bond motifs is 1. The molecule has 5 heteroatoms. The van der Waals surface area contributed by atoms with Crippen molar-refractivity contribution in [3.05, 3.63) is 59.4 Å². The van der Waals surface area contributed by atoms with Crippen LogP contribution in [0.1, 0.15) is 17.0 Å². The van der Waals surface area contributed by atoms with Crippen molar-refractivity contribution in [1.29, 1.82) is 0 Å². The number of rotatable bonds is 5. The maximum atomic E-state index is 12.5. The molecule has 2 aromatic carbocycles. The van der Waals surface area contributed by atoms with Gasteiger partial charge in [0.25, 0.3) is 0 Å². The minimum Gasteiger partial charge on any atom is -0.325 e. The Labute approximate surface area is 146 Å². The molecule has 0 atom stereocenters. The third-order valence-corrected chi connectivity index (χ3v) is 4.65. The van der Waals surface area contributed by atoms with E-state index < -0.39 is 0 Å². The predicted molar refractivity (Wildman–Crippen MR) is 101 cm³/mol. The number of carbonyl (C=O) groups excluding carboxylic acids is 1. The molecular formula is C19H21N3OS. The maximum Gasteiger partial charge on any atom is 0.244 e. The van der Waals surface area contributed by atoms with E-state index in [-0.39, 0.29) is 12.5 Å². The molecule has 0 spiro atoms. The minimum absolute atomic E-state index is 0.0382. The molecule has 0 saturated heterocycles. The van der Waals surface area contributed by atoms with Crippen LogP contribution in [-0.4, -0.2) is 21.7 Å². The van der Waals surface area contributed by atoms with Crippen LogP contribution in [0, 0.1) is 13.8 Å². The molecule has 1 aromatic heterocycles. The first-order valence-corrected chi connectivity index (χ1v) is 9.28. The number of para-hydroxylation sites is 2. The second-order valence-corrected chi connectivity index (χ2v) is 6.75. The zero-order valence-electron chi connectivity index (χ0n) is 14.2. The molecule has 1 amide bonds. The normalized spacial score (nSPS) is 11.0. The number of hydrogen-bond donors (Lipinski definition) is 1. The molecule has 0 aliphatic heterocycles. The van der Waals surface area contributed by atoms with Crippen LogP contribution in [0.25, 0.3) is 11.0 Å². The molecule has 1 heterocycles. The van der Waals surface area contributed by atoms with Gasteiger partial charge in [0.05, 0.1) is 16.8 Å². The van der Waals surface area contributed by atoms with Crippen LogP contribution in [-0.2, 0) is 17.1 Å². The molecule has 0 bridgehead atoms. The molecule has 0 aliphatic rings. The molecule has 3 aromatic rings. The molecule has 124 valence electrons. The van der Waals surface area contributed by atoms with E-state index in [9.17, 15) is 4.79 Å². The molecule has 1 N–H and O–H groups in total. The highest BCUT2D eigenvalue weighted by Gasteiger charge is 2.13. The van der Waals surface area contributed by atoms with Crippen molar-refractivity contribution in [2.75, 3.05) is 11.6 Å². The Morgan fingerprint density at radius 1 is 1.17 bits per heavy atom. The number of carbonyl (C=O) groups is 1. The summed E-state index contributed by atoms with van der Waals surface area (Å²) in [6.45, 7) is 4.38. The van der Waals surface area contributed by atoms with Crippen molar-refractivity contribution in [2.24, 2.45) is 0 Å². The minimum atomic E-state index is -0.0382. The molecule has 0 aliphatic carbocycles. The predicted octanol–water partition coefficient (Wildman–Crippen LogP) is 4.15. The fourth-order valence-corrected chi connectivity index (χ4v) is 3.18. The fraction of sp³-hybridized carbons (Fsp3) is 0.263. The summed E-state index contributed by atoms with van der Waals surface area (Å²) in [7, 11) is 0. The van der Waals surface area contributed by atoms with Crippen molar-refractivity contribution < 1.29 is 4.79 Å². The van der Waals surface area contributed by atoms with Crippen molar-refractivity contribution in [2.45, 2.75) is 26.1 Å². The Bertz CT molecular complexity index is 885. The molecular weight excluding hydrogens is 318 g/mol. The first-order valence-electron chi connectivity index (χ1n) is 7.88. The van der Waals surface area contributed by atoms with Crippen LogP contribution in [0.15, 0.2) is 42.5 Å². The van der Waals surface area contributed by atoms with Gasteiger partial charge in [0.2, 0.25) is 5.91 Å². The summed E-state index contributed by atoms with van der Waals surface area (Å²) in [5, 5.41) is 2.99. The average Bonchev–Trinajstić information content (AvgIpc) is 2.89. The van der Waals surface area contributed by atoms with Gasteiger partial charge in [0.15, 0.2) is 0 Å². The van der Waals surface area contributed by atoms with Gasteiger partial charge in [-0.15, -0.1) is 0 Å². The maximum absolute atomic E-state index is 12.5. The number of aryl methyl sites for hydroxylation is 2. The van der Waals surface area contributed by atoms with Gasteiger partial charge in [-0.2, -0.15) is 11.8 Å². The third-order valence-electron chi connectivity index (χ3n) is 4.10. The molecule has 4 nitrogen and oxygen atoms in total. The highest BCUT2D eigenvalue weighted by atomic mass is 32.2. The summed E-state index contributed by atoms with van der Waals surface area (Å²) in [6, 6.07) is 13.9. The number of amides is 1. The lowest BCUT2D eigenvalue weighted by molar-refractivity contribution is -0.116. The van der Waals surface area contributed by atoms with Crippen LogP contribution in [0.3, 0.4) is 0 Å². The SMILES string of the molecule is CSCc1nc2ccccc2n1CC(=O)Nc1ccc(C)c(C)c1. The van der Waals surface area contributed by atoms with E-state index >= 15 is 0 Å². The Morgan fingerprint density at radius 2 is 1.96 bits per heavy atom. The molecule has 24 heavy (non-hydrogen) atoms. The lowest BCUT2D eigenvalue weighted by atomic mass is 10.1. The summed E-state index contributed by atoms with van der Waals surface area (Å²) in [5.41, 5.74) is 5.15. The quantitative estimate of drug-likeness (QED) is 0.759. The van der Waals surface area contributed by atoms with Gasteiger partial charge in [-0.1, -0.05) is 18.2 Å². The zero-order valence-corrected chi connectivity index (χ0v) is 15.0. The smallest absolute Gasteiger partial charge is 0.244 e. The Hall–Kier alpha value is -2.27. The molecule has 0 unspecified atom stereocenters. The third kappa shape index (κ3) is 3.46. The van der Waals surface area contributed by atoms with Crippen LogP contribution in [0.2, 0.25) is 0 Å². The van der Waals surface area contributed by atoms with Gasteiger partial charge >= 0.3 is 0 Å². The molecule has 3 rings (SSSR count). The summed E-state index contributed by atoms with van der Waals surface area (Å²) in [6.07, 6.45) is 2.04. The van der Waals surface area contributed by atoms with Crippen LogP contribution < -0.4 is 5.32 Å². The van der Waals surface area contributed by atoms with E-state index in [4.69, 9.17) is 0 Å². The van der Waals surface area contributed by atoms with E-state index in [1.807, 2.05) is 60.2 Å². The number of imidazole rings is 1. The number of nitrogens with one attached hydrogen (secondary N) is 1. The van der Waals surface area contributed by atoms with Crippen LogP contribution in [0.5, 0.6) is 0 Å². The monoisotopic (exact) mass is 339 g/mol. The van der Waals surface area contributed by atoms with Gasteiger partial charge < -0.3 is 9.88 Å². The number of hydrogen-bond acceptors (Lipinski definition) is 3. The Balaban J connectivity index is 1.84. The van der Waals surface area contributed by atoms with E-state index in [1.54, 1.807) is 11.8 Å². The van der Waals surface area contributed by atoms with Crippen molar-refractivity contribution >= 4 is 34.4 Å². The van der Waals surface area contributed by atoms with Crippen LogP contribution >= 0.6 is 11.8 Å². The number of aromatic nitrogens is 2. The number of benzene rings is 2. The summed E-state index contributed by atoms with van der Waals surface area (Å²) >= 11 is 1.70. The van der Waals surface area contributed by atoms with Crippen molar-refractivity contribution in [3.63, 3.8) is 0 Å². The summed E-state index contributed by atoms with van der Waals surface area (Å²) in [4.78, 5) is 17.2. The van der Waals surface area contributed by atoms with Gasteiger partial charge in [-0.05, 0) is 55.5 Å². The van der Waals surface area contributed by atoms with Gasteiger partial charge in [0, 0.05) is 5.69 Å². The topological polar surface area (TPSA) is 46.9 Å². The van der Waals surface area contributed by atoms with E-state index in [0.29, 0.717) is 0 Å². The first kappa shape index (κ1) is 16.6. The van der Waals surface area contributed by atoms with Crippen molar-refractivity contribution in [3.8, 4) is 0 Å². The van der Waals surface area contributed by atoms with E-state index in [0.717, 1.165) is 28.3 Å². The lowest BCUT2D eigenvalue weighted by Crippen LogP contribution is -2.20. The van der Waals surface area contributed by atoms with Gasteiger partial charge in [-0.3, -0.25) is 4.79 Å². The summed E-state index contributed by atoms with van der Waals surface area (Å²) in [5.74, 6) is 1.67. The summed E-state index contributed by atoms with van der Waals surface area (Å²) < 4.78 is 2.00. The second kappa shape index (κ2) is 7.09. The highest BCUT2D eigenvalue weighted by Crippen LogP contribution is 2.19. The van der Waals surface area contributed by atoms with E-state index in [1.165, 1.54) is 11.1 Å². The number of nitrogens with zero attached hydrogens (tertiary/aromatic N) is 2. The number of thioether (sulfide) groups is 1. The van der Waals surface area contributed by atoms with Gasteiger partial charge in [0.1, 0.15) is 12.4 Å². The average molecular weight is 339 g/mol. The highest BCUT2D eigenvalue weighted by molar-refractivity contribution is 7.97. The van der Waals surface area contributed by atoms with E-state index in [2.05, 4.69) is 17.2 Å². The molecule has 0 radical (unpaired) electrons. The molecule has 0 fully saturated rings. The number of anilines is 1. The van der Waals surface area contributed by atoms with Gasteiger partial charge in [-0.25, -0.2) is 4.98 Å². The fourth-order valence-electron chi connectivity index (χ4n) is 2.70. The Morgan fingerprint density at radius 3 is 2.71 bits per heavy atom.